The zero-order valence-electron chi connectivity index (χ0n) is 11.7. The molecule has 1 heterocycles. The molecule has 1 nitrogen and oxygen atoms in total. The maximum atomic E-state index is 13.2. The van der Waals surface area contributed by atoms with Crippen LogP contribution in [0.4, 0.5) is 4.39 Å². The third-order valence-electron chi connectivity index (χ3n) is 3.81. The Kier molecular flexibility index (Phi) is 4.37. The molecule has 0 fully saturated rings. The van der Waals surface area contributed by atoms with E-state index in [1.54, 1.807) is 6.07 Å². The van der Waals surface area contributed by atoms with Crippen LogP contribution in [0, 0.1) is 5.82 Å². The highest BCUT2D eigenvalue weighted by atomic mass is 35.5. The van der Waals surface area contributed by atoms with Crippen molar-refractivity contribution in [1.29, 1.82) is 0 Å². The van der Waals surface area contributed by atoms with E-state index in [4.69, 9.17) is 11.6 Å². The lowest BCUT2D eigenvalue weighted by atomic mass is 9.96. The van der Waals surface area contributed by atoms with E-state index in [2.05, 4.69) is 11.4 Å². The van der Waals surface area contributed by atoms with Crippen molar-refractivity contribution in [1.82, 2.24) is 5.32 Å². The molecule has 0 saturated heterocycles. The van der Waals surface area contributed by atoms with Crippen LogP contribution in [0.3, 0.4) is 0 Å². The fraction of sp³-hybridized carbons (Fsp3) is 0.222. The Hall–Kier alpha value is -1.64. The molecule has 2 aromatic carbocycles. The number of hydrogen-bond acceptors (Lipinski definition) is 1. The van der Waals surface area contributed by atoms with Crippen LogP contribution in [0.5, 0.6) is 0 Å². The van der Waals surface area contributed by atoms with Crippen molar-refractivity contribution in [3.05, 3.63) is 69.5 Å². The number of nitrogens with one attached hydrogen (secondary N) is 1. The molecule has 0 atom stereocenters. The van der Waals surface area contributed by atoms with Gasteiger partial charge in [0.2, 0.25) is 0 Å². The van der Waals surface area contributed by atoms with Crippen molar-refractivity contribution in [2.24, 2.45) is 0 Å². The molecular formula is C18H17ClFN. The van der Waals surface area contributed by atoms with E-state index in [1.165, 1.54) is 23.3 Å². The van der Waals surface area contributed by atoms with Crippen LogP contribution in [0.25, 0.3) is 12.2 Å². The van der Waals surface area contributed by atoms with Crippen LogP contribution in [-0.4, -0.2) is 13.1 Å². The van der Waals surface area contributed by atoms with Gasteiger partial charge in [-0.05, 0) is 66.4 Å². The second kappa shape index (κ2) is 6.42. The SMILES string of the molecule is Fc1cccc(/C=C/c2c(Cl)ccc3c2CCNCC3)c1. The Morgan fingerprint density at radius 1 is 1.05 bits per heavy atom. The molecular weight excluding hydrogens is 285 g/mol. The van der Waals surface area contributed by atoms with Gasteiger partial charge >= 0.3 is 0 Å². The Balaban J connectivity index is 1.98. The molecule has 0 bridgehead atoms. The molecule has 0 saturated carbocycles. The molecule has 108 valence electrons. The van der Waals surface area contributed by atoms with E-state index in [9.17, 15) is 4.39 Å². The van der Waals surface area contributed by atoms with Gasteiger partial charge in [-0.25, -0.2) is 4.39 Å². The lowest BCUT2D eigenvalue weighted by Crippen LogP contribution is -2.16. The molecule has 0 radical (unpaired) electrons. The fourth-order valence-corrected chi connectivity index (χ4v) is 2.98. The molecule has 0 amide bonds. The summed E-state index contributed by atoms with van der Waals surface area (Å²) in [6.07, 6.45) is 5.91. The summed E-state index contributed by atoms with van der Waals surface area (Å²) in [5.74, 6) is -0.223. The van der Waals surface area contributed by atoms with Crippen molar-refractivity contribution < 1.29 is 4.39 Å². The molecule has 1 aliphatic rings. The Bertz CT molecular complexity index is 679. The van der Waals surface area contributed by atoms with E-state index in [0.717, 1.165) is 42.1 Å². The van der Waals surface area contributed by atoms with Crippen molar-refractivity contribution in [2.75, 3.05) is 13.1 Å². The van der Waals surface area contributed by atoms with Gasteiger partial charge in [0.05, 0.1) is 0 Å². The molecule has 21 heavy (non-hydrogen) atoms. The minimum atomic E-state index is -0.223. The number of hydrogen-bond donors (Lipinski definition) is 1. The third-order valence-corrected chi connectivity index (χ3v) is 4.14. The normalized spacial score (nSPS) is 15.0. The molecule has 1 aliphatic heterocycles. The summed E-state index contributed by atoms with van der Waals surface area (Å²) in [6.45, 7) is 1.97. The molecule has 3 heteroatoms. The smallest absolute Gasteiger partial charge is 0.123 e. The van der Waals surface area contributed by atoms with Gasteiger partial charge in [0.25, 0.3) is 0 Å². The molecule has 2 aromatic rings. The van der Waals surface area contributed by atoms with E-state index >= 15 is 0 Å². The second-order valence-corrected chi connectivity index (χ2v) is 5.64. The van der Waals surface area contributed by atoms with Crippen LogP contribution in [0.15, 0.2) is 36.4 Å². The first-order valence-electron chi connectivity index (χ1n) is 7.18. The molecule has 0 aromatic heterocycles. The van der Waals surface area contributed by atoms with Gasteiger partial charge in [-0.3, -0.25) is 0 Å². The quantitative estimate of drug-likeness (QED) is 0.814. The van der Waals surface area contributed by atoms with Crippen molar-refractivity contribution >= 4 is 23.8 Å². The maximum absolute atomic E-state index is 13.2. The van der Waals surface area contributed by atoms with Gasteiger partial charge in [0.15, 0.2) is 0 Å². The van der Waals surface area contributed by atoms with Crippen LogP contribution in [-0.2, 0) is 12.8 Å². The number of rotatable bonds is 2. The summed E-state index contributed by atoms with van der Waals surface area (Å²) in [7, 11) is 0. The van der Waals surface area contributed by atoms with Crippen LogP contribution in [0.1, 0.15) is 22.3 Å². The predicted octanol–water partition coefficient (Wildman–Crippen LogP) is 4.34. The minimum Gasteiger partial charge on any atom is -0.316 e. The number of fused-ring (bicyclic) bond motifs is 1. The molecule has 0 unspecified atom stereocenters. The van der Waals surface area contributed by atoms with Crippen LogP contribution in [0.2, 0.25) is 5.02 Å². The summed E-state index contributed by atoms with van der Waals surface area (Å²) in [5, 5.41) is 4.16. The van der Waals surface area contributed by atoms with Gasteiger partial charge in [0.1, 0.15) is 5.82 Å². The highest BCUT2D eigenvalue weighted by molar-refractivity contribution is 6.32. The number of benzene rings is 2. The number of halogens is 2. The summed E-state index contributed by atoms with van der Waals surface area (Å²) in [6, 6.07) is 10.6. The van der Waals surface area contributed by atoms with Crippen molar-refractivity contribution in [3.8, 4) is 0 Å². The van der Waals surface area contributed by atoms with E-state index in [1.807, 2.05) is 24.3 Å². The standard InChI is InChI=1S/C18H17ClFN/c19-18-7-5-14-8-10-21-11-9-16(14)17(18)6-4-13-2-1-3-15(20)12-13/h1-7,12,21H,8-11H2/b6-4+. The van der Waals surface area contributed by atoms with E-state index in [-0.39, 0.29) is 5.82 Å². The first-order valence-corrected chi connectivity index (χ1v) is 7.56. The average molecular weight is 302 g/mol. The minimum absolute atomic E-state index is 0.223. The first kappa shape index (κ1) is 14.3. The zero-order valence-corrected chi connectivity index (χ0v) is 12.5. The Morgan fingerprint density at radius 2 is 1.90 bits per heavy atom. The molecule has 1 N–H and O–H groups in total. The highest BCUT2D eigenvalue weighted by Gasteiger charge is 2.12. The summed E-state index contributed by atoms with van der Waals surface area (Å²) in [5.41, 5.74) is 4.56. The van der Waals surface area contributed by atoms with Gasteiger partial charge in [0, 0.05) is 5.02 Å². The highest BCUT2D eigenvalue weighted by Crippen LogP contribution is 2.27. The Labute approximate surface area is 129 Å². The topological polar surface area (TPSA) is 12.0 Å². The Morgan fingerprint density at radius 3 is 2.76 bits per heavy atom. The lowest BCUT2D eigenvalue weighted by molar-refractivity contribution is 0.627. The largest absolute Gasteiger partial charge is 0.316 e. The van der Waals surface area contributed by atoms with E-state index < -0.39 is 0 Å². The lowest BCUT2D eigenvalue weighted by Gasteiger charge is -2.11. The zero-order chi connectivity index (χ0) is 14.7. The van der Waals surface area contributed by atoms with Gasteiger partial charge in [-0.1, -0.05) is 42.0 Å². The van der Waals surface area contributed by atoms with Crippen LogP contribution >= 0.6 is 11.6 Å². The van der Waals surface area contributed by atoms with E-state index in [0.29, 0.717) is 0 Å². The molecule has 0 spiro atoms. The summed E-state index contributed by atoms with van der Waals surface area (Å²) < 4.78 is 13.2. The third kappa shape index (κ3) is 3.34. The molecule has 3 rings (SSSR count). The summed E-state index contributed by atoms with van der Waals surface area (Å²) >= 11 is 6.37. The monoisotopic (exact) mass is 301 g/mol. The summed E-state index contributed by atoms with van der Waals surface area (Å²) in [4.78, 5) is 0. The predicted molar refractivity (Wildman–Crippen MR) is 87.1 cm³/mol. The second-order valence-electron chi connectivity index (χ2n) is 5.24. The van der Waals surface area contributed by atoms with Gasteiger partial charge < -0.3 is 5.32 Å². The van der Waals surface area contributed by atoms with Crippen LogP contribution < -0.4 is 5.32 Å². The average Bonchev–Trinajstić information content (AvgIpc) is 2.72. The first-order chi connectivity index (χ1) is 10.2. The van der Waals surface area contributed by atoms with Crippen molar-refractivity contribution in [3.63, 3.8) is 0 Å². The van der Waals surface area contributed by atoms with Crippen molar-refractivity contribution in [2.45, 2.75) is 12.8 Å². The fourth-order valence-electron chi connectivity index (χ4n) is 2.74. The molecule has 0 aliphatic carbocycles. The maximum Gasteiger partial charge on any atom is 0.123 e. The van der Waals surface area contributed by atoms with Gasteiger partial charge in [-0.2, -0.15) is 0 Å². The van der Waals surface area contributed by atoms with Gasteiger partial charge in [-0.15, -0.1) is 0 Å².